The summed E-state index contributed by atoms with van der Waals surface area (Å²) >= 11 is 0. The largest absolute Gasteiger partial charge is 0.197 e. The van der Waals surface area contributed by atoms with E-state index in [1.54, 1.807) is 6.92 Å². The number of hydrogen-bond acceptors (Lipinski definition) is 2. The van der Waals surface area contributed by atoms with Crippen molar-refractivity contribution in [2.24, 2.45) is 11.3 Å². The first-order valence-electron chi connectivity index (χ1n) is 3.97. The first kappa shape index (κ1) is 9.98. The van der Waals surface area contributed by atoms with Crippen LogP contribution in [-0.2, 0) is 0 Å². The van der Waals surface area contributed by atoms with E-state index >= 15 is 0 Å². The second kappa shape index (κ2) is 3.98. The summed E-state index contributed by atoms with van der Waals surface area (Å²) in [6, 6.07) is 4.14. The van der Waals surface area contributed by atoms with Gasteiger partial charge in [-0.05, 0) is 12.8 Å². The summed E-state index contributed by atoms with van der Waals surface area (Å²) in [6.45, 7) is 5.74. The van der Waals surface area contributed by atoms with Crippen LogP contribution in [0.25, 0.3) is 0 Å². The molecule has 0 amide bonds. The van der Waals surface area contributed by atoms with E-state index < -0.39 is 5.41 Å². The highest BCUT2D eigenvalue weighted by Gasteiger charge is 2.31. The van der Waals surface area contributed by atoms with E-state index in [2.05, 4.69) is 12.1 Å². The van der Waals surface area contributed by atoms with Crippen molar-refractivity contribution in [2.45, 2.75) is 33.6 Å². The molecule has 60 valence electrons. The Morgan fingerprint density at radius 2 is 1.55 bits per heavy atom. The topological polar surface area (TPSA) is 47.6 Å². The molecule has 2 heteroatoms. The fraction of sp³-hybridized carbons (Fsp3) is 0.778. The maximum Gasteiger partial charge on any atom is 0.143 e. The first-order chi connectivity index (χ1) is 5.14. The van der Waals surface area contributed by atoms with Crippen LogP contribution in [0, 0.1) is 34.0 Å². The van der Waals surface area contributed by atoms with Crippen LogP contribution < -0.4 is 0 Å². The van der Waals surface area contributed by atoms with Gasteiger partial charge in [0.15, 0.2) is 0 Å². The molecule has 0 aromatic heterocycles. The predicted molar refractivity (Wildman–Crippen MR) is 43.4 cm³/mol. The molecule has 2 nitrogen and oxygen atoms in total. The molecule has 0 rings (SSSR count). The number of rotatable bonds is 3. The fourth-order valence-corrected chi connectivity index (χ4v) is 1.31. The van der Waals surface area contributed by atoms with Gasteiger partial charge in [-0.3, -0.25) is 0 Å². The molecule has 0 aliphatic rings. The van der Waals surface area contributed by atoms with Crippen LogP contribution in [-0.4, -0.2) is 0 Å². The minimum Gasteiger partial charge on any atom is -0.197 e. The summed E-state index contributed by atoms with van der Waals surface area (Å²) in [7, 11) is 0. The zero-order valence-corrected chi connectivity index (χ0v) is 7.39. The van der Waals surface area contributed by atoms with Crippen molar-refractivity contribution in [3.05, 3.63) is 0 Å². The molecule has 0 radical (unpaired) electrons. The molecule has 11 heavy (non-hydrogen) atoms. The minimum atomic E-state index is -0.788. The van der Waals surface area contributed by atoms with Crippen LogP contribution in [0.1, 0.15) is 33.6 Å². The Labute approximate surface area is 68.4 Å². The highest BCUT2D eigenvalue weighted by molar-refractivity contribution is 5.13. The van der Waals surface area contributed by atoms with Gasteiger partial charge in [0.05, 0.1) is 12.1 Å². The molecule has 0 fully saturated rings. The van der Waals surface area contributed by atoms with Crippen molar-refractivity contribution < 1.29 is 0 Å². The lowest BCUT2D eigenvalue weighted by atomic mass is 9.77. The zero-order valence-electron chi connectivity index (χ0n) is 7.39. The van der Waals surface area contributed by atoms with Crippen LogP contribution >= 0.6 is 0 Å². The molecule has 0 aromatic carbocycles. The van der Waals surface area contributed by atoms with Crippen molar-refractivity contribution in [1.82, 2.24) is 0 Å². The SMILES string of the molecule is CCC(CC)C(C)(C#N)C#N. The summed E-state index contributed by atoms with van der Waals surface area (Å²) in [4.78, 5) is 0. The Hall–Kier alpha value is -1.02. The molecule has 0 atom stereocenters. The van der Waals surface area contributed by atoms with E-state index in [0.29, 0.717) is 0 Å². The smallest absolute Gasteiger partial charge is 0.143 e. The summed E-state index contributed by atoms with van der Waals surface area (Å²) in [5.74, 6) is 0.206. The van der Waals surface area contributed by atoms with Gasteiger partial charge in [0.2, 0.25) is 0 Å². The van der Waals surface area contributed by atoms with E-state index in [9.17, 15) is 0 Å². The predicted octanol–water partition coefficient (Wildman–Crippen LogP) is 2.48. The van der Waals surface area contributed by atoms with E-state index in [4.69, 9.17) is 10.5 Å². The van der Waals surface area contributed by atoms with Gasteiger partial charge < -0.3 is 0 Å². The van der Waals surface area contributed by atoms with Gasteiger partial charge in [0.1, 0.15) is 5.41 Å². The van der Waals surface area contributed by atoms with Crippen LogP contribution in [0.5, 0.6) is 0 Å². The lowest BCUT2D eigenvalue weighted by Gasteiger charge is -2.22. The van der Waals surface area contributed by atoms with E-state index in [0.717, 1.165) is 12.8 Å². The quantitative estimate of drug-likeness (QED) is 0.620. The molecule has 0 N–H and O–H groups in total. The third-order valence-corrected chi connectivity index (χ3v) is 2.27. The van der Waals surface area contributed by atoms with Gasteiger partial charge >= 0.3 is 0 Å². The number of nitriles is 2. The third-order valence-electron chi connectivity index (χ3n) is 2.27. The molecule has 0 aliphatic heterocycles. The average molecular weight is 150 g/mol. The third kappa shape index (κ3) is 1.95. The van der Waals surface area contributed by atoms with Crippen LogP contribution in [0.3, 0.4) is 0 Å². The van der Waals surface area contributed by atoms with Crippen molar-refractivity contribution in [3.63, 3.8) is 0 Å². The van der Waals surface area contributed by atoms with Gasteiger partial charge in [0, 0.05) is 0 Å². The van der Waals surface area contributed by atoms with Crippen LogP contribution in [0.4, 0.5) is 0 Å². The summed E-state index contributed by atoms with van der Waals surface area (Å²) in [6.07, 6.45) is 1.79. The summed E-state index contributed by atoms with van der Waals surface area (Å²) in [5, 5.41) is 17.5. The average Bonchev–Trinajstić information content (AvgIpc) is 2.06. The van der Waals surface area contributed by atoms with Crippen molar-refractivity contribution in [3.8, 4) is 12.1 Å². The molecule has 0 saturated heterocycles. The fourth-order valence-electron chi connectivity index (χ4n) is 1.31. The Balaban J connectivity index is 4.52. The van der Waals surface area contributed by atoms with Crippen molar-refractivity contribution in [1.29, 1.82) is 10.5 Å². The van der Waals surface area contributed by atoms with E-state index in [1.165, 1.54) is 0 Å². The Morgan fingerprint density at radius 1 is 1.18 bits per heavy atom. The molecule has 0 unspecified atom stereocenters. The lowest BCUT2D eigenvalue weighted by molar-refractivity contribution is 0.323. The highest BCUT2D eigenvalue weighted by Crippen LogP contribution is 2.30. The zero-order chi connectivity index (χ0) is 8.91. The molecule has 0 bridgehead atoms. The normalized spacial score (nSPS) is 10.7. The highest BCUT2D eigenvalue weighted by atomic mass is 14.4. The number of nitrogens with zero attached hydrogens (tertiary/aromatic N) is 2. The molecule has 0 aliphatic carbocycles. The molecule has 0 spiro atoms. The lowest BCUT2D eigenvalue weighted by Crippen LogP contribution is -2.22. The second-order valence-electron chi connectivity index (χ2n) is 2.94. The molecular formula is C9H14N2. The molecular weight excluding hydrogens is 136 g/mol. The Bertz CT molecular complexity index is 177. The maximum atomic E-state index is 8.75. The summed E-state index contributed by atoms with van der Waals surface area (Å²) in [5.41, 5.74) is -0.788. The Kier molecular flexibility index (Phi) is 3.61. The van der Waals surface area contributed by atoms with Gasteiger partial charge in [-0.2, -0.15) is 10.5 Å². The second-order valence-corrected chi connectivity index (χ2v) is 2.94. The monoisotopic (exact) mass is 150 g/mol. The molecule has 0 saturated carbocycles. The van der Waals surface area contributed by atoms with E-state index in [-0.39, 0.29) is 5.92 Å². The summed E-state index contributed by atoms with van der Waals surface area (Å²) < 4.78 is 0. The van der Waals surface area contributed by atoms with Gasteiger partial charge in [-0.15, -0.1) is 0 Å². The first-order valence-corrected chi connectivity index (χ1v) is 3.97. The van der Waals surface area contributed by atoms with Gasteiger partial charge in [-0.1, -0.05) is 26.7 Å². The van der Waals surface area contributed by atoms with Crippen LogP contribution in [0.2, 0.25) is 0 Å². The van der Waals surface area contributed by atoms with Crippen molar-refractivity contribution in [2.75, 3.05) is 0 Å². The number of hydrogen-bond donors (Lipinski definition) is 0. The molecule has 0 heterocycles. The van der Waals surface area contributed by atoms with Crippen molar-refractivity contribution >= 4 is 0 Å². The maximum absolute atomic E-state index is 8.75. The van der Waals surface area contributed by atoms with Gasteiger partial charge in [0.25, 0.3) is 0 Å². The van der Waals surface area contributed by atoms with E-state index in [1.807, 2.05) is 13.8 Å². The van der Waals surface area contributed by atoms with Crippen LogP contribution in [0.15, 0.2) is 0 Å². The minimum absolute atomic E-state index is 0.206. The standard InChI is InChI=1S/C9H14N2/c1-4-8(5-2)9(3,6-10)7-11/h8H,4-5H2,1-3H3. The van der Waals surface area contributed by atoms with Gasteiger partial charge in [-0.25, -0.2) is 0 Å². The Morgan fingerprint density at radius 3 is 1.64 bits per heavy atom. The molecule has 0 aromatic rings.